The zero-order valence-corrected chi connectivity index (χ0v) is 24.4. The fourth-order valence-electron chi connectivity index (χ4n) is 4.68. The minimum absolute atomic E-state index is 0.240. The number of hydrogen-bond acceptors (Lipinski definition) is 3. The summed E-state index contributed by atoms with van der Waals surface area (Å²) in [6.45, 7) is 7.53. The van der Waals surface area contributed by atoms with Crippen LogP contribution < -0.4 is 10.6 Å². The quantitative estimate of drug-likeness (QED) is 0.225. The van der Waals surface area contributed by atoms with Crippen molar-refractivity contribution in [1.29, 1.82) is 0 Å². The van der Waals surface area contributed by atoms with E-state index in [0.29, 0.717) is 24.3 Å². The third-order valence-corrected chi connectivity index (χ3v) is 7.23. The Hall–Kier alpha value is -3.64. The Balaban J connectivity index is 1.62. The fourth-order valence-corrected chi connectivity index (χ4v) is 4.87. The zero-order valence-electron chi connectivity index (χ0n) is 23.6. The molecule has 0 bridgehead atoms. The molecule has 0 aliphatic heterocycles. The third kappa shape index (κ3) is 9.23. The smallest absolute Gasteiger partial charge is 0.304 e. The molecule has 2 amide bonds. The van der Waals surface area contributed by atoms with E-state index in [9.17, 15) is 19.5 Å². The number of benzene rings is 3. The number of hydrogen-bond donors (Lipinski definition) is 3. The molecule has 3 atom stereocenters. The van der Waals surface area contributed by atoms with E-state index in [1.807, 2.05) is 107 Å². The van der Waals surface area contributed by atoms with Crippen LogP contribution in [0, 0.1) is 11.3 Å². The average molecular weight is 563 g/mol. The maximum absolute atomic E-state index is 13.3. The van der Waals surface area contributed by atoms with Gasteiger partial charge < -0.3 is 15.7 Å². The van der Waals surface area contributed by atoms with Crippen LogP contribution in [0.2, 0.25) is 5.02 Å². The Morgan fingerprint density at radius 1 is 0.850 bits per heavy atom. The van der Waals surface area contributed by atoms with Gasteiger partial charge in [-0.2, -0.15) is 0 Å². The Kier molecular flexibility index (Phi) is 10.9. The second-order valence-corrected chi connectivity index (χ2v) is 11.8. The van der Waals surface area contributed by atoms with Gasteiger partial charge in [0, 0.05) is 10.9 Å². The molecule has 0 radical (unpaired) electrons. The van der Waals surface area contributed by atoms with Crippen molar-refractivity contribution in [3.8, 4) is 11.1 Å². The van der Waals surface area contributed by atoms with Gasteiger partial charge in [0.25, 0.3) is 0 Å². The van der Waals surface area contributed by atoms with Gasteiger partial charge in [0.2, 0.25) is 11.8 Å². The summed E-state index contributed by atoms with van der Waals surface area (Å²) in [6, 6.07) is 24.3. The molecule has 0 aliphatic carbocycles. The molecule has 0 spiro atoms. The van der Waals surface area contributed by atoms with Gasteiger partial charge in [-0.3, -0.25) is 14.4 Å². The second kappa shape index (κ2) is 14.1. The second-order valence-electron chi connectivity index (χ2n) is 11.3. The van der Waals surface area contributed by atoms with Crippen molar-refractivity contribution in [3.63, 3.8) is 0 Å². The molecule has 0 fully saturated rings. The van der Waals surface area contributed by atoms with Crippen molar-refractivity contribution in [1.82, 2.24) is 10.6 Å². The van der Waals surface area contributed by atoms with Crippen LogP contribution in [0.1, 0.15) is 64.1 Å². The topological polar surface area (TPSA) is 95.5 Å². The van der Waals surface area contributed by atoms with Gasteiger partial charge in [-0.05, 0) is 66.0 Å². The third-order valence-electron chi connectivity index (χ3n) is 6.99. The minimum atomic E-state index is -1.04. The number of aliphatic carboxylic acids is 1. The molecule has 0 saturated carbocycles. The maximum Gasteiger partial charge on any atom is 0.304 e. The molecule has 0 heterocycles. The monoisotopic (exact) mass is 562 g/mol. The molecule has 3 rings (SSSR count). The molecule has 7 heteroatoms. The predicted molar refractivity (Wildman–Crippen MR) is 160 cm³/mol. The van der Waals surface area contributed by atoms with Crippen LogP contribution in [-0.4, -0.2) is 28.9 Å². The number of carboxylic acid groups (broad SMARTS) is 1. The van der Waals surface area contributed by atoms with E-state index in [-0.39, 0.29) is 18.4 Å². The summed E-state index contributed by atoms with van der Waals surface area (Å²) in [7, 11) is 0. The molecule has 212 valence electrons. The minimum Gasteiger partial charge on any atom is -0.481 e. The number of aryl methyl sites for hydroxylation is 1. The van der Waals surface area contributed by atoms with E-state index < -0.39 is 29.3 Å². The van der Waals surface area contributed by atoms with Crippen molar-refractivity contribution in [2.75, 3.05) is 0 Å². The molecule has 0 saturated heterocycles. The number of halogens is 1. The first-order chi connectivity index (χ1) is 18.9. The summed E-state index contributed by atoms with van der Waals surface area (Å²) < 4.78 is 0. The fraction of sp³-hybridized carbons (Fsp3) is 0.364. The standard InChI is InChI=1S/C33H39ClN2O4/c1-22(24-11-6-5-7-12-24)35-32(40)30(33(2,3)4)36-31(39)27(21-29(37)38)14-8-10-23-16-18-25(19-17-23)26-13-9-15-28(34)20-26/h5-7,9,11-13,15-20,22,27,30H,8,10,14,21H2,1-4H3,(H,35,40)(H,36,39)(H,37,38)/t22-,27-,30-/m1/s1. The number of nitrogens with one attached hydrogen (secondary N) is 2. The summed E-state index contributed by atoms with van der Waals surface area (Å²) in [5.74, 6) is -2.50. The highest BCUT2D eigenvalue weighted by Crippen LogP contribution is 2.25. The van der Waals surface area contributed by atoms with Crippen LogP contribution in [0.15, 0.2) is 78.9 Å². The maximum atomic E-state index is 13.3. The van der Waals surface area contributed by atoms with E-state index in [1.165, 1.54) is 0 Å². The van der Waals surface area contributed by atoms with Gasteiger partial charge in [-0.25, -0.2) is 0 Å². The van der Waals surface area contributed by atoms with Crippen molar-refractivity contribution in [2.45, 2.75) is 65.5 Å². The van der Waals surface area contributed by atoms with Crippen LogP contribution in [0.25, 0.3) is 11.1 Å². The first-order valence-electron chi connectivity index (χ1n) is 13.7. The summed E-state index contributed by atoms with van der Waals surface area (Å²) in [5, 5.41) is 16.0. The highest BCUT2D eigenvalue weighted by molar-refractivity contribution is 6.30. The molecule has 6 nitrogen and oxygen atoms in total. The van der Waals surface area contributed by atoms with E-state index in [4.69, 9.17) is 11.6 Å². The summed E-state index contributed by atoms with van der Waals surface area (Å²) in [4.78, 5) is 38.1. The Morgan fingerprint density at radius 3 is 2.12 bits per heavy atom. The number of amides is 2. The zero-order chi connectivity index (χ0) is 29.3. The predicted octanol–water partition coefficient (Wildman–Crippen LogP) is 6.83. The van der Waals surface area contributed by atoms with Gasteiger partial charge in [0.15, 0.2) is 0 Å². The van der Waals surface area contributed by atoms with E-state index in [2.05, 4.69) is 10.6 Å². The molecule has 0 aliphatic rings. The Labute approximate surface area is 242 Å². The van der Waals surface area contributed by atoms with E-state index in [0.717, 1.165) is 22.3 Å². The largest absolute Gasteiger partial charge is 0.481 e. The SMILES string of the molecule is C[C@@H](NC(=O)[C@@H](NC(=O)[C@H](CCCc1ccc(-c2cccc(Cl)c2)cc1)CC(=O)O)C(C)(C)C)c1ccccc1. The van der Waals surface area contributed by atoms with Crippen molar-refractivity contribution < 1.29 is 19.5 Å². The molecular weight excluding hydrogens is 524 g/mol. The van der Waals surface area contributed by atoms with Gasteiger partial charge in [0.05, 0.1) is 12.5 Å². The lowest BCUT2D eigenvalue weighted by atomic mass is 9.85. The van der Waals surface area contributed by atoms with Crippen molar-refractivity contribution in [3.05, 3.63) is 95.0 Å². The van der Waals surface area contributed by atoms with Crippen molar-refractivity contribution >= 4 is 29.4 Å². The summed E-state index contributed by atoms with van der Waals surface area (Å²) >= 11 is 6.11. The van der Waals surface area contributed by atoms with Gasteiger partial charge in [0.1, 0.15) is 6.04 Å². The highest BCUT2D eigenvalue weighted by atomic mass is 35.5. The number of carboxylic acids is 1. The first-order valence-corrected chi connectivity index (χ1v) is 14.0. The van der Waals surface area contributed by atoms with Gasteiger partial charge in [-0.15, -0.1) is 0 Å². The van der Waals surface area contributed by atoms with Crippen LogP contribution >= 0.6 is 11.6 Å². The molecule has 0 aromatic heterocycles. The Morgan fingerprint density at radius 2 is 1.52 bits per heavy atom. The summed E-state index contributed by atoms with van der Waals surface area (Å²) in [5.41, 5.74) is 3.57. The number of carbonyl (C=O) groups is 3. The van der Waals surface area contributed by atoms with E-state index >= 15 is 0 Å². The average Bonchev–Trinajstić information content (AvgIpc) is 2.91. The molecule has 40 heavy (non-hydrogen) atoms. The highest BCUT2D eigenvalue weighted by Gasteiger charge is 2.35. The van der Waals surface area contributed by atoms with Crippen LogP contribution in [0.4, 0.5) is 0 Å². The summed E-state index contributed by atoms with van der Waals surface area (Å²) in [6.07, 6.45) is 1.45. The Bertz CT molecular complexity index is 1290. The van der Waals surface area contributed by atoms with E-state index in [1.54, 1.807) is 0 Å². The lowest BCUT2D eigenvalue weighted by molar-refractivity contribution is -0.142. The van der Waals surface area contributed by atoms with Crippen LogP contribution in [-0.2, 0) is 20.8 Å². The number of carbonyl (C=O) groups excluding carboxylic acids is 2. The first kappa shape index (κ1) is 30.9. The molecular formula is C33H39ClN2O4. The molecule has 3 aromatic rings. The van der Waals surface area contributed by atoms with Crippen LogP contribution in [0.3, 0.4) is 0 Å². The molecule has 3 aromatic carbocycles. The molecule has 3 N–H and O–H groups in total. The van der Waals surface area contributed by atoms with Crippen LogP contribution in [0.5, 0.6) is 0 Å². The van der Waals surface area contributed by atoms with Gasteiger partial charge in [-0.1, -0.05) is 99.1 Å². The lowest BCUT2D eigenvalue weighted by Gasteiger charge is -2.32. The normalized spacial score (nSPS) is 13.6. The number of rotatable bonds is 12. The lowest BCUT2D eigenvalue weighted by Crippen LogP contribution is -2.55. The molecule has 0 unspecified atom stereocenters. The van der Waals surface area contributed by atoms with Crippen molar-refractivity contribution in [2.24, 2.45) is 11.3 Å². The van der Waals surface area contributed by atoms with Gasteiger partial charge >= 0.3 is 5.97 Å².